The number of hydrogen-bond acceptors (Lipinski definition) is 2. The molecule has 0 radical (unpaired) electrons. The van der Waals surface area contributed by atoms with Crippen LogP contribution in [0.5, 0.6) is 5.75 Å². The number of benzene rings is 4. The maximum atomic E-state index is 6.51. The van der Waals surface area contributed by atoms with Gasteiger partial charge >= 0.3 is 0 Å². The number of ether oxygens (including phenoxy) is 1. The van der Waals surface area contributed by atoms with E-state index in [9.17, 15) is 0 Å². The second-order valence-corrected chi connectivity index (χ2v) is 8.28. The molecule has 152 valence electrons. The van der Waals surface area contributed by atoms with Crippen LogP contribution in [-0.2, 0) is 13.2 Å². The molecule has 0 aromatic heterocycles. The second-order valence-electron chi connectivity index (χ2n) is 7.47. The number of hydrogen-bond donors (Lipinski definition) is 1. The van der Waals surface area contributed by atoms with E-state index in [1.165, 1.54) is 21.9 Å². The van der Waals surface area contributed by atoms with Gasteiger partial charge in [-0.2, -0.15) is 0 Å². The van der Waals surface area contributed by atoms with E-state index in [0.29, 0.717) is 28.9 Å². The van der Waals surface area contributed by atoms with Gasteiger partial charge in [0, 0.05) is 12.2 Å². The third-order valence-electron chi connectivity index (χ3n) is 5.31. The van der Waals surface area contributed by atoms with Crippen LogP contribution in [0.3, 0.4) is 0 Å². The van der Waals surface area contributed by atoms with Crippen molar-refractivity contribution in [2.45, 2.75) is 27.0 Å². The maximum absolute atomic E-state index is 6.51. The quantitative estimate of drug-likeness (QED) is 0.331. The van der Waals surface area contributed by atoms with Crippen molar-refractivity contribution in [2.24, 2.45) is 0 Å². The summed E-state index contributed by atoms with van der Waals surface area (Å²) in [7, 11) is 0. The highest BCUT2D eigenvalue weighted by atomic mass is 35.5. The van der Waals surface area contributed by atoms with Gasteiger partial charge in [-0.3, -0.25) is 0 Å². The van der Waals surface area contributed by atoms with Crippen molar-refractivity contribution in [3.8, 4) is 5.75 Å². The summed E-state index contributed by atoms with van der Waals surface area (Å²) in [6.45, 7) is 5.25. The SMILES string of the molecule is Cc1ccc(NCc2cc(Cl)c(OCc3cccc4ccccc34)c(Cl)c2)cc1C. The molecule has 4 heteroatoms. The van der Waals surface area contributed by atoms with Gasteiger partial charge in [0.15, 0.2) is 5.75 Å². The van der Waals surface area contributed by atoms with E-state index >= 15 is 0 Å². The third-order valence-corrected chi connectivity index (χ3v) is 5.88. The first-order valence-electron chi connectivity index (χ1n) is 9.90. The first-order valence-corrected chi connectivity index (χ1v) is 10.7. The number of nitrogens with one attached hydrogen (secondary N) is 1. The molecule has 0 bridgehead atoms. The second kappa shape index (κ2) is 8.99. The van der Waals surface area contributed by atoms with Crippen LogP contribution in [0.25, 0.3) is 10.8 Å². The monoisotopic (exact) mass is 435 g/mol. The van der Waals surface area contributed by atoms with Gasteiger partial charge in [0.1, 0.15) is 6.61 Å². The lowest BCUT2D eigenvalue weighted by Crippen LogP contribution is -2.02. The largest absolute Gasteiger partial charge is 0.486 e. The molecule has 0 fully saturated rings. The Morgan fingerprint density at radius 1 is 0.800 bits per heavy atom. The van der Waals surface area contributed by atoms with E-state index in [1.807, 2.05) is 30.3 Å². The van der Waals surface area contributed by atoms with Gasteiger partial charge in [0.2, 0.25) is 0 Å². The minimum atomic E-state index is 0.404. The molecule has 0 saturated heterocycles. The molecule has 0 aliphatic rings. The number of anilines is 1. The fraction of sp³-hybridized carbons (Fsp3) is 0.154. The molecule has 0 aliphatic carbocycles. The molecule has 4 rings (SSSR count). The van der Waals surface area contributed by atoms with E-state index in [1.54, 1.807) is 0 Å². The van der Waals surface area contributed by atoms with Crippen LogP contribution in [0, 0.1) is 13.8 Å². The first kappa shape index (κ1) is 20.6. The zero-order valence-corrected chi connectivity index (χ0v) is 18.5. The highest BCUT2D eigenvalue weighted by Gasteiger charge is 2.11. The fourth-order valence-electron chi connectivity index (χ4n) is 3.48. The van der Waals surface area contributed by atoms with E-state index in [-0.39, 0.29) is 0 Å². The standard InChI is InChI=1S/C26H23Cl2NO/c1-17-10-11-22(12-18(17)2)29-15-19-13-24(27)26(25(28)14-19)30-16-21-8-5-7-20-6-3-4-9-23(20)21/h3-14,29H,15-16H2,1-2H3. The van der Waals surface area contributed by atoms with Crippen molar-refractivity contribution >= 4 is 39.7 Å². The van der Waals surface area contributed by atoms with Crippen molar-refractivity contribution in [1.82, 2.24) is 0 Å². The Labute approximate surface area is 187 Å². The molecule has 0 unspecified atom stereocenters. The topological polar surface area (TPSA) is 21.3 Å². The van der Waals surface area contributed by atoms with E-state index in [2.05, 4.69) is 61.6 Å². The van der Waals surface area contributed by atoms with Crippen molar-refractivity contribution < 1.29 is 4.74 Å². The van der Waals surface area contributed by atoms with Gasteiger partial charge in [-0.25, -0.2) is 0 Å². The smallest absolute Gasteiger partial charge is 0.156 e. The highest BCUT2D eigenvalue weighted by molar-refractivity contribution is 6.37. The molecule has 0 atom stereocenters. The molecule has 0 aliphatic heterocycles. The zero-order valence-electron chi connectivity index (χ0n) is 17.0. The molecule has 4 aromatic carbocycles. The van der Waals surface area contributed by atoms with Gasteiger partial charge in [-0.1, -0.05) is 71.7 Å². The summed E-state index contributed by atoms with van der Waals surface area (Å²) < 4.78 is 6.02. The molecule has 0 saturated carbocycles. The summed E-state index contributed by atoms with van der Waals surface area (Å²) in [6.07, 6.45) is 0. The summed E-state index contributed by atoms with van der Waals surface area (Å²) >= 11 is 13.0. The van der Waals surface area contributed by atoms with Gasteiger partial charge in [0.05, 0.1) is 10.0 Å². The van der Waals surface area contributed by atoms with Crippen molar-refractivity contribution in [3.63, 3.8) is 0 Å². The van der Waals surface area contributed by atoms with Gasteiger partial charge in [-0.15, -0.1) is 0 Å². The lowest BCUT2D eigenvalue weighted by Gasteiger charge is -2.14. The Kier molecular flexibility index (Phi) is 6.17. The average Bonchev–Trinajstić information content (AvgIpc) is 2.74. The number of aryl methyl sites for hydroxylation is 2. The predicted molar refractivity (Wildman–Crippen MR) is 128 cm³/mol. The predicted octanol–water partition coefficient (Wildman–Crippen LogP) is 7.95. The summed E-state index contributed by atoms with van der Waals surface area (Å²) in [4.78, 5) is 0. The van der Waals surface area contributed by atoms with Crippen LogP contribution in [0.15, 0.2) is 72.8 Å². The van der Waals surface area contributed by atoms with Gasteiger partial charge in [0.25, 0.3) is 0 Å². The van der Waals surface area contributed by atoms with Crippen LogP contribution in [0.4, 0.5) is 5.69 Å². The molecule has 30 heavy (non-hydrogen) atoms. The molecule has 1 N–H and O–H groups in total. The Morgan fingerprint density at radius 2 is 1.53 bits per heavy atom. The molecular formula is C26H23Cl2NO. The molecule has 2 nitrogen and oxygen atoms in total. The van der Waals surface area contributed by atoms with Crippen LogP contribution < -0.4 is 10.1 Å². The Hall–Kier alpha value is -2.68. The Morgan fingerprint density at radius 3 is 2.30 bits per heavy atom. The molecule has 0 spiro atoms. The normalized spacial score (nSPS) is 10.9. The molecule has 4 aromatic rings. The lowest BCUT2D eigenvalue weighted by molar-refractivity contribution is 0.308. The van der Waals surface area contributed by atoms with Crippen molar-refractivity contribution in [2.75, 3.05) is 5.32 Å². The van der Waals surface area contributed by atoms with Crippen LogP contribution in [0.1, 0.15) is 22.3 Å². The highest BCUT2D eigenvalue weighted by Crippen LogP contribution is 2.35. The number of fused-ring (bicyclic) bond motifs is 1. The number of rotatable bonds is 6. The van der Waals surface area contributed by atoms with E-state index in [4.69, 9.17) is 27.9 Å². The van der Waals surface area contributed by atoms with Crippen molar-refractivity contribution in [1.29, 1.82) is 0 Å². The van der Waals surface area contributed by atoms with E-state index in [0.717, 1.165) is 16.8 Å². The molecular weight excluding hydrogens is 413 g/mol. The third kappa shape index (κ3) is 4.56. The molecule has 0 amide bonds. The average molecular weight is 436 g/mol. The van der Waals surface area contributed by atoms with Crippen LogP contribution >= 0.6 is 23.2 Å². The minimum Gasteiger partial charge on any atom is -0.486 e. The van der Waals surface area contributed by atoms with Crippen LogP contribution in [0.2, 0.25) is 10.0 Å². The fourth-order valence-corrected chi connectivity index (χ4v) is 4.12. The lowest BCUT2D eigenvalue weighted by atomic mass is 10.1. The van der Waals surface area contributed by atoms with Gasteiger partial charge in [-0.05, 0) is 71.1 Å². The summed E-state index contributed by atoms with van der Waals surface area (Å²) in [5, 5.41) is 6.80. The molecule has 0 heterocycles. The number of halogens is 2. The maximum Gasteiger partial charge on any atom is 0.156 e. The first-order chi connectivity index (χ1) is 14.5. The summed E-state index contributed by atoms with van der Waals surface area (Å²) in [5.41, 5.74) is 5.70. The summed E-state index contributed by atoms with van der Waals surface area (Å²) in [5.74, 6) is 0.515. The Balaban J connectivity index is 1.47. The summed E-state index contributed by atoms with van der Waals surface area (Å²) in [6, 6.07) is 24.6. The van der Waals surface area contributed by atoms with Crippen LogP contribution in [-0.4, -0.2) is 0 Å². The minimum absolute atomic E-state index is 0.404. The van der Waals surface area contributed by atoms with Gasteiger partial charge < -0.3 is 10.1 Å². The zero-order chi connectivity index (χ0) is 21.1. The van der Waals surface area contributed by atoms with E-state index < -0.39 is 0 Å². The Bertz CT molecular complexity index is 1170. The van der Waals surface area contributed by atoms with Crippen molar-refractivity contribution in [3.05, 3.63) is 105 Å².